The molecule has 37 heavy (non-hydrogen) atoms. The van der Waals surface area contributed by atoms with Crippen LogP contribution in [-0.4, -0.2) is 25.1 Å². The maximum Gasteiger partial charge on any atom is 0.338 e. The number of anilines is 1. The van der Waals surface area contributed by atoms with Gasteiger partial charge >= 0.3 is 5.97 Å². The van der Waals surface area contributed by atoms with Crippen molar-refractivity contribution in [1.29, 1.82) is 5.26 Å². The molecule has 0 aliphatic carbocycles. The van der Waals surface area contributed by atoms with Crippen LogP contribution in [0.4, 0.5) is 5.69 Å². The molecule has 0 spiro atoms. The van der Waals surface area contributed by atoms with Gasteiger partial charge in [0, 0.05) is 5.69 Å². The number of nitriles is 1. The zero-order valence-corrected chi connectivity index (χ0v) is 21.6. The maximum absolute atomic E-state index is 12.7. The van der Waals surface area contributed by atoms with Gasteiger partial charge in [-0.1, -0.05) is 41.4 Å². The van der Waals surface area contributed by atoms with Crippen LogP contribution in [-0.2, 0) is 16.1 Å². The van der Waals surface area contributed by atoms with Crippen LogP contribution in [0, 0.1) is 18.3 Å². The fraction of sp³-hybridized carbons (Fsp3) is 0.207. The minimum Gasteiger partial charge on any atom is -0.490 e. The van der Waals surface area contributed by atoms with Crippen LogP contribution >= 0.6 is 11.6 Å². The smallest absolute Gasteiger partial charge is 0.338 e. The monoisotopic (exact) mass is 518 g/mol. The van der Waals surface area contributed by atoms with E-state index >= 15 is 0 Å². The third kappa shape index (κ3) is 7.60. The molecular weight excluding hydrogens is 492 g/mol. The first-order chi connectivity index (χ1) is 17.8. The summed E-state index contributed by atoms with van der Waals surface area (Å²) < 4.78 is 16.6. The number of rotatable bonds is 10. The Morgan fingerprint density at radius 1 is 1.00 bits per heavy atom. The van der Waals surface area contributed by atoms with Crippen LogP contribution in [0.3, 0.4) is 0 Å². The van der Waals surface area contributed by atoms with Gasteiger partial charge in [-0.25, -0.2) is 4.79 Å². The highest BCUT2D eigenvalue weighted by molar-refractivity contribution is 6.32. The van der Waals surface area contributed by atoms with E-state index in [1.54, 1.807) is 31.2 Å². The average Bonchev–Trinajstić information content (AvgIpc) is 2.88. The molecular formula is C29H27ClN2O5. The molecule has 0 aliphatic heterocycles. The van der Waals surface area contributed by atoms with Crippen LogP contribution in [0.15, 0.2) is 66.2 Å². The molecule has 0 unspecified atom stereocenters. The summed E-state index contributed by atoms with van der Waals surface area (Å²) in [5, 5.41) is 12.5. The standard InChI is InChI=1S/C29H27ClN2O5/c1-4-35-26-16-21(15-25(30)27(26)37-18-20-8-6-19(3)7-9-20)14-23(17-31)28(33)32-24-12-10-22(11-13-24)29(34)36-5-2/h6-16H,4-5,18H2,1-3H3,(H,32,33)/b23-14+. The van der Waals surface area contributed by atoms with Gasteiger partial charge in [-0.15, -0.1) is 0 Å². The van der Waals surface area contributed by atoms with Gasteiger partial charge in [-0.05, 0) is 74.4 Å². The molecule has 1 amide bonds. The number of amides is 1. The summed E-state index contributed by atoms with van der Waals surface area (Å²) in [5.74, 6) is -0.280. The summed E-state index contributed by atoms with van der Waals surface area (Å²) in [6.07, 6.45) is 1.42. The Labute approximate surface area is 221 Å². The van der Waals surface area contributed by atoms with Crippen LogP contribution in [0.1, 0.15) is 40.9 Å². The highest BCUT2D eigenvalue weighted by Gasteiger charge is 2.15. The Balaban J connectivity index is 1.78. The molecule has 0 radical (unpaired) electrons. The molecule has 0 aromatic heterocycles. The molecule has 3 aromatic carbocycles. The predicted octanol–water partition coefficient (Wildman–Crippen LogP) is 6.35. The second-order valence-electron chi connectivity index (χ2n) is 7.96. The van der Waals surface area contributed by atoms with E-state index in [9.17, 15) is 14.9 Å². The second-order valence-corrected chi connectivity index (χ2v) is 8.37. The maximum atomic E-state index is 12.7. The first kappa shape index (κ1) is 27.3. The quantitative estimate of drug-likeness (QED) is 0.191. The Morgan fingerprint density at radius 2 is 1.70 bits per heavy atom. The Bertz CT molecular complexity index is 1330. The first-order valence-corrected chi connectivity index (χ1v) is 12.1. The molecule has 8 heteroatoms. The Kier molecular flexibility index (Phi) is 9.70. The number of aryl methyl sites for hydroxylation is 1. The van der Waals surface area contributed by atoms with Crippen LogP contribution in [0.25, 0.3) is 6.08 Å². The van der Waals surface area contributed by atoms with Crippen molar-refractivity contribution in [3.05, 3.63) is 93.5 Å². The van der Waals surface area contributed by atoms with E-state index in [-0.39, 0.29) is 17.2 Å². The normalized spacial score (nSPS) is 10.8. The number of carbonyl (C=O) groups excluding carboxylic acids is 2. The van der Waals surface area contributed by atoms with Crippen molar-refractivity contribution in [3.63, 3.8) is 0 Å². The number of nitrogens with zero attached hydrogens (tertiary/aromatic N) is 1. The van der Waals surface area contributed by atoms with E-state index in [4.69, 9.17) is 25.8 Å². The van der Waals surface area contributed by atoms with Gasteiger partial charge in [0.2, 0.25) is 0 Å². The first-order valence-electron chi connectivity index (χ1n) is 11.7. The summed E-state index contributed by atoms with van der Waals surface area (Å²) in [4.78, 5) is 24.5. The minimum absolute atomic E-state index is 0.138. The van der Waals surface area contributed by atoms with Gasteiger partial charge in [0.05, 0.1) is 23.8 Å². The van der Waals surface area contributed by atoms with Crippen LogP contribution in [0.5, 0.6) is 11.5 Å². The zero-order valence-electron chi connectivity index (χ0n) is 20.8. The zero-order chi connectivity index (χ0) is 26.8. The van der Waals surface area contributed by atoms with Gasteiger partial charge in [-0.2, -0.15) is 5.26 Å². The highest BCUT2D eigenvalue weighted by Crippen LogP contribution is 2.38. The third-order valence-electron chi connectivity index (χ3n) is 5.17. The fourth-order valence-corrected chi connectivity index (χ4v) is 3.61. The molecule has 0 heterocycles. The van der Waals surface area contributed by atoms with E-state index in [2.05, 4.69) is 5.32 Å². The Morgan fingerprint density at radius 3 is 2.32 bits per heavy atom. The molecule has 0 fully saturated rings. The van der Waals surface area contributed by atoms with Crippen LogP contribution < -0.4 is 14.8 Å². The number of halogens is 1. The molecule has 0 bridgehead atoms. The lowest BCUT2D eigenvalue weighted by Crippen LogP contribution is -2.13. The van der Waals surface area contributed by atoms with Gasteiger partial charge in [0.15, 0.2) is 11.5 Å². The van der Waals surface area contributed by atoms with Crippen LogP contribution in [0.2, 0.25) is 5.02 Å². The highest BCUT2D eigenvalue weighted by atomic mass is 35.5. The minimum atomic E-state index is -0.611. The third-order valence-corrected chi connectivity index (χ3v) is 5.45. The number of hydrogen-bond donors (Lipinski definition) is 1. The number of benzene rings is 3. The van der Waals surface area contributed by atoms with Gasteiger partial charge in [0.1, 0.15) is 18.2 Å². The number of ether oxygens (including phenoxy) is 3. The molecule has 1 N–H and O–H groups in total. The molecule has 3 aromatic rings. The molecule has 0 saturated heterocycles. The lowest BCUT2D eigenvalue weighted by Gasteiger charge is -2.15. The van der Waals surface area contributed by atoms with Crippen molar-refractivity contribution in [3.8, 4) is 17.6 Å². The summed E-state index contributed by atoms with van der Waals surface area (Å²) in [6.45, 7) is 6.51. The molecule has 3 rings (SSSR count). The number of carbonyl (C=O) groups is 2. The Hall–Kier alpha value is -4.28. The molecule has 7 nitrogen and oxygen atoms in total. The lowest BCUT2D eigenvalue weighted by molar-refractivity contribution is -0.112. The fourth-order valence-electron chi connectivity index (χ4n) is 3.33. The predicted molar refractivity (Wildman–Crippen MR) is 143 cm³/mol. The molecule has 0 aliphatic rings. The second kappa shape index (κ2) is 13.1. The van der Waals surface area contributed by atoms with Crippen molar-refractivity contribution < 1.29 is 23.8 Å². The largest absolute Gasteiger partial charge is 0.490 e. The van der Waals surface area contributed by atoms with E-state index in [0.717, 1.165) is 11.1 Å². The topological polar surface area (TPSA) is 97.7 Å². The lowest BCUT2D eigenvalue weighted by atomic mass is 10.1. The summed E-state index contributed by atoms with van der Waals surface area (Å²) in [5.41, 5.74) is 3.28. The number of nitrogens with one attached hydrogen (secondary N) is 1. The van der Waals surface area contributed by atoms with E-state index in [1.165, 1.54) is 18.2 Å². The molecule has 0 saturated carbocycles. The van der Waals surface area contributed by atoms with Crippen molar-refractivity contribution in [2.45, 2.75) is 27.4 Å². The summed E-state index contributed by atoms with van der Waals surface area (Å²) in [7, 11) is 0. The SMILES string of the molecule is CCOC(=O)c1ccc(NC(=O)/C(C#N)=C/c2cc(Cl)c(OCc3ccc(C)cc3)c(OCC)c2)cc1. The van der Waals surface area contributed by atoms with Gasteiger partial charge in [0.25, 0.3) is 5.91 Å². The van der Waals surface area contributed by atoms with E-state index < -0.39 is 11.9 Å². The van der Waals surface area contributed by atoms with Crippen molar-refractivity contribution in [2.24, 2.45) is 0 Å². The average molecular weight is 519 g/mol. The summed E-state index contributed by atoms with van der Waals surface area (Å²) in [6, 6.07) is 19.3. The number of esters is 1. The molecule has 190 valence electrons. The van der Waals surface area contributed by atoms with Crippen molar-refractivity contribution >= 4 is 35.2 Å². The number of hydrogen-bond acceptors (Lipinski definition) is 6. The van der Waals surface area contributed by atoms with Gasteiger partial charge in [-0.3, -0.25) is 4.79 Å². The molecule has 0 atom stereocenters. The van der Waals surface area contributed by atoms with Crippen molar-refractivity contribution in [2.75, 3.05) is 18.5 Å². The van der Waals surface area contributed by atoms with E-state index in [0.29, 0.717) is 41.5 Å². The van der Waals surface area contributed by atoms with Crippen molar-refractivity contribution in [1.82, 2.24) is 0 Å². The van der Waals surface area contributed by atoms with E-state index in [1.807, 2.05) is 44.2 Å². The van der Waals surface area contributed by atoms with Gasteiger partial charge < -0.3 is 19.5 Å². The summed E-state index contributed by atoms with van der Waals surface area (Å²) >= 11 is 6.51.